The predicted octanol–water partition coefficient (Wildman–Crippen LogP) is 5.77. The molecule has 0 unspecified atom stereocenters. The third-order valence-electron chi connectivity index (χ3n) is 4.50. The Bertz CT molecular complexity index is 580. The molecule has 2 nitrogen and oxygen atoms in total. The van der Waals surface area contributed by atoms with Gasteiger partial charge in [-0.25, -0.2) is 4.98 Å². The molecule has 2 heterocycles. The number of pyridine rings is 1. The van der Waals surface area contributed by atoms with E-state index in [9.17, 15) is 0 Å². The molecule has 2 aromatic rings. The molecular weight excluding hydrogens is 276 g/mol. The first-order valence-corrected chi connectivity index (χ1v) is 9.03. The lowest BCUT2D eigenvalue weighted by molar-refractivity contribution is 0.581. The van der Waals surface area contributed by atoms with Gasteiger partial charge in [-0.05, 0) is 30.4 Å². The summed E-state index contributed by atoms with van der Waals surface area (Å²) in [6.45, 7) is 4.47. The summed E-state index contributed by atoms with van der Waals surface area (Å²) in [7, 11) is 0. The van der Waals surface area contributed by atoms with Gasteiger partial charge in [-0.2, -0.15) is 0 Å². The van der Waals surface area contributed by atoms with Crippen molar-refractivity contribution in [2.24, 2.45) is 0 Å². The molecule has 2 aromatic heterocycles. The van der Waals surface area contributed by atoms with Gasteiger partial charge in [-0.15, -0.1) is 11.3 Å². The van der Waals surface area contributed by atoms with Gasteiger partial charge in [-0.3, -0.25) is 4.98 Å². The summed E-state index contributed by atoms with van der Waals surface area (Å²) >= 11 is 1.78. The average Bonchev–Trinajstić information content (AvgIpc) is 2.83. The van der Waals surface area contributed by atoms with Crippen LogP contribution in [0.1, 0.15) is 75.5 Å². The largest absolute Gasteiger partial charge is 0.264 e. The van der Waals surface area contributed by atoms with Crippen molar-refractivity contribution in [1.29, 1.82) is 0 Å². The van der Waals surface area contributed by atoms with Crippen molar-refractivity contribution in [3.8, 4) is 10.6 Å². The molecule has 0 spiro atoms. The van der Waals surface area contributed by atoms with Crippen molar-refractivity contribution in [2.75, 3.05) is 0 Å². The summed E-state index contributed by atoms with van der Waals surface area (Å²) in [6.07, 6.45) is 12.0. The fourth-order valence-corrected chi connectivity index (χ4v) is 4.19. The van der Waals surface area contributed by atoms with Gasteiger partial charge in [0.2, 0.25) is 0 Å². The highest BCUT2D eigenvalue weighted by Gasteiger charge is 2.19. The molecule has 1 saturated carbocycles. The third-order valence-corrected chi connectivity index (χ3v) is 5.40. The number of hydrogen-bond donors (Lipinski definition) is 0. The zero-order chi connectivity index (χ0) is 14.7. The van der Waals surface area contributed by atoms with Crippen LogP contribution in [0.5, 0.6) is 0 Å². The van der Waals surface area contributed by atoms with Crippen molar-refractivity contribution in [2.45, 2.75) is 64.2 Å². The van der Waals surface area contributed by atoms with Gasteiger partial charge in [0.15, 0.2) is 0 Å². The van der Waals surface area contributed by atoms with Gasteiger partial charge in [0.1, 0.15) is 5.01 Å². The average molecular weight is 300 g/mol. The molecule has 1 aliphatic rings. The number of rotatable bonds is 3. The molecule has 0 N–H and O–H groups in total. The number of hydrogen-bond acceptors (Lipinski definition) is 3. The van der Waals surface area contributed by atoms with Gasteiger partial charge in [0.25, 0.3) is 0 Å². The van der Waals surface area contributed by atoms with E-state index in [2.05, 4.69) is 30.3 Å². The number of aromatic nitrogens is 2. The van der Waals surface area contributed by atoms with E-state index in [4.69, 9.17) is 4.98 Å². The third kappa shape index (κ3) is 3.34. The topological polar surface area (TPSA) is 25.8 Å². The maximum atomic E-state index is 4.97. The Morgan fingerprint density at radius 3 is 2.62 bits per heavy atom. The highest BCUT2D eigenvalue weighted by molar-refractivity contribution is 7.13. The maximum absolute atomic E-state index is 4.97. The Morgan fingerprint density at radius 1 is 1.14 bits per heavy atom. The van der Waals surface area contributed by atoms with Crippen molar-refractivity contribution in [3.05, 3.63) is 35.1 Å². The number of nitrogens with zero attached hydrogens (tertiary/aromatic N) is 2. The van der Waals surface area contributed by atoms with Gasteiger partial charge < -0.3 is 0 Å². The van der Waals surface area contributed by atoms with E-state index in [-0.39, 0.29) is 0 Å². The quantitative estimate of drug-likeness (QED) is 0.673. The summed E-state index contributed by atoms with van der Waals surface area (Å²) in [5.41, 5.74) is 3.89. The second-order valence-electron chi connectivity index (χ2n) is 6.38. The maximum Gasteiger partial charge on any atom is 0.125 e. The second-order valence-corrected chi connectivity index (χ2v) is 7.24. The molecule has 21 heavy (non-hydrogen) atoms. The Balaban J connectivity index is 1.88. The fraction of sp³-hybridized carbons (Fsp3) is 0.556. The highest BCUT2D eigenvalue weighted by Crippen LogP contribution is 2.36. The SMILES string of the molecule is CC(C)c1ccncc1-c1nc(C2CCCCCC2)cs1. The molecular formula is C18H24N2S. The highest BCUT2D eigenvalue weighted by atomic mass is 32.1. The second kappa shape index (κ2) is 6.69. The van der Waals surface area contributed by atoms with Crippen molar-refractivity contribution in [1.82, 2.24) is 9.97 Å². The molecule has 0 bridgehead atoms. The zero-order valence-electron chi connectivity index (χ0n) is 13.0. The van der Waals surface area contributed by atoms with Crippen LogP contribution in [-0.2, 0) is 0 Å². The molecule has 0 atom stereocenters. The minimum Gasteiger partial charge on any atom is -0.264 e. The lowest BCUT2D eigenvalue weighted by Crippen LogP contribution is -1.98. The van der Waals surface area contributed by atoms with Crippen molar-refractivity contribution in [3.63, 3.8) is 0 Å². The zero-order valence-corrected chi connectivity index (χ0v) is 13.8. The Labute approximate surface area is 131 Å². The van der Waals surface area contributed by atoms with E-state index in [1.807, 2.05) is 12.4 Å². The monoisotopic (exact) mass is 300 g/mol. The molecule has 3 heteroatoms. The van der Waals surface area contributed by atoms with Crippen LogP contribution in [0.15, 0.2) is 23.8 Å². The van der Waals surface area contributed by atoms with E-state index in [0.29, 0.717) is 11.8 Å². The van der Waals surface area contributed by atoms with E-state index in [1.54, 1.807) is 11.3 Å². The summed E-state index contributed by atoms with van der Waals surface area (Å²) in [5.74, 6) is 1.19. The molecule has 1 fully saturated rings. The van der Waals surface area contributed by atoms with E-state index in [1.165, 1.54) is 55.3 Å². The van der Waals surface area contributed by atoms with Gasteiger partial charge in [-0.1, -0.05) is 39.5 Å². The normalized spacial score (nSPS) is 17.1. The van der Waals surface area contributed by atoms with Crippen LogP contribution in [0.25, 0.3) is 10.6 Å². The molecule has 0 saturated heterocycles. The van der Waals surface area contributed by atoms with E-state index < -0.39 is 0 Å². The Kier molecular flexibility index (Phi) is 4.69. The number of thiazole rings is 1. The van der Waals surface area contributed by atoms with Crippen LogP contribution in [0.3, 0.4) is 0 Å². The van der Waals surface area contributed by atoms with Crippen LogP contribution >= 0.6 is 11.3 Å². The summed E-state index contributed by atoms with van der Waals surface area (Å²) in [5, 5.41) is 3.42. The van der Waals surface area contributed by atoms with Gasteiger partial charge in [0, 0.05) is 29.3 Å². The minimum atomic E-state index is 0.508. The molecule has 0 amide bonds. The molecule has 0 aliphatic heterocycles. The Morgan fingerprint density at radius 2 is 1.90 bits per heavy atom. The van der Waals surface area contributed by atoms with Crippen molar-refractivity contribution < 1.29 is 0 Å². The van der Waals surface area contributed by atoms with E-state index in [0.717, 1.165) is 5.01 Å². The Hall–Kier alpha value is -1.22. The molecule has 1 aliphatic carbocycles. The van der Waals surface area contributed by atoms with Crippen LogP contribution in [0.2, 0.25) is 0 Å². The first-order valence-electron chi connectivity index (χ1n) is 8.15. The first-order chi connectivity index (χ1) is 10.3. The molecule has 0 aromatic carbocycles. The summed E-state index contributed by atoms with van der Waals surface area (Å²) in [6, 6.07) is 2.13. The minimum absolute atomic E-state index is 0.508. The summed E-state index contributed by atoms with van der Waals surface area (Å²) < 4.78 is 0. The van der Waals surface area contributed by atoms with Crippen molar-refractivity contribution >= 4 is 11.3 Å². The molecule has 112 valence electrons. The predicted molar refractivity (Wildman–Crippen MR) is 89.9 cm³/mol. The lowest BCUT2D eigenvalue weighted by atomic mass is 9.97. The van der Waals surface area contributed by atoms with E-state index >= 15 is 0 Å². The molecule has 3 rings (SSSR count). The lowest BCUT2D eigenvalue weighted by Gasteiger charge is -2.11. The van der Waals surface area contributed by atoms with Crippen LogP contribution in [-0.4, -0.2) is 9.97 Å². The van der Waals surface area contributed by atoms with Gasteiger partial charge >= 0.3 is 0 Å². The fourth-order valence-electron chi connectivity index (χ4n) is 3.26. The van der Waals surface area contributed by atoms with Crippen LogP contribution in [0, 0.1) is 0 Å². The van der Waals surface area contributed by atoms with Gasteiger partial charge in [0.05, 0.1) is 5.69 Å². The first kappa shape index (κ1) is 14.7. The standard InChI is InChI=1S/C18H24N2S/c1-13(2)15-9-10-19-11-16(15)18-20-17(12-21-18)14-7-5-3-4-6-8-14/h9-14H,3-8H2,1-2H3. The summed E-state index contributed by atoms with van der Waals surface area (Å²) in [4.78, 5) is 9.27. The van der Waals surface area contributed by atoms with Crippen LogP contribution < -0.4 is 0 Å². The van der Waals surface area contributed by atoms with Crippen LogP contribution in [0.4, 0.5) is 0 Å². The molecule has 0 radical (unpaired) electrons. The smallest absolute Gasteiger partial charge is 0.125 e.